The fourth-order valence-electron chi connectivity index (χ4n) is 10.8. The number of nitrogens with zero attached hydrogens (tertiary/aromatic N) is 4. The Balaban J connectivity index is 0.784. The minimum absolute atomic E-state index is 0.0149. The highest BCUT2D eigenvalue weighted by molar-refractivity contribution is 6.00. The number of hydrogen-bond donors (Lipinski definition) is 10. The molecular formula is C70H114N6O23. The third-order valence-electron chi connectivity index (χ3n) is 16.4. The first-order chi connectivity index (χ1) is 48.4. The van der Waals surface area contributed by atoms with Gasteiger partial charge in [0.25, 0.3) is 5.91 Å². The molecule has 1 saturated heterocycles. The van der Waals surface area contributed by atoms with Crippen LogP contribution in [0.4, 0.5) is 5.69 Å². The van der Waals surface area contributed by atoms with Gasteiger partial charge in [-0.25, -0.2) is 4.68 Å². The van der Waals surface area contributed by atoms with Crippen LogP contribution in [0.3, 0.4) is 0 Å². The predicted molar refractivity (Wildman–Crippen MR) is 364 cm³/mol. The number of aromatic nitrogens is 3. The summed E-state index contributed by atoms with van der Waals surface area (Å²) in [5, 5.41) is 94.8. The molecule has 2 aliphatic rings. The molecule has 29 nitrogen and oxygen atoms in total. The number of para-hydroxylation sites is 1. The monoisotopic (exact) mass is 1410 g/mol. The number of ether oxygens (including phenoxy) is 12. The summed E-state index contributed by atoms with van der Waals surface area (Å²) in [4.78, 5) is 41.1. The van der Waals surface area contributed by atoms with Crippen molar-refractivity contribution in [3.8, 4) is 22.5 Å². The van der Waals surface area contributed by atoms with E-state index in [1.807, 2.05) is 53.2 Å². The maximum absolute atomic E-state index is 14.0. The van der Waals surface area contributed by atoms with Crippen LogP contribution in [0.1, 0.15) is 109 Å². The van der Waals surface area contributed by atoms with Gasteiger partial charge in [-0.05, 0) is 43.7 Å². The number of allylic oxidation sites excluding steroid dienone is 2. The molecule has 10 N–H and O–H groups in total. The van der Waals surface area contributed by atoms with Gasteiger partial charge < -0.3 is 113 Å². The second-order valence-corrected chi connectivity index (χ2v) is 24.0. The fourth-order valence-corrected chi connectivity index (χ4v) is 10.8. The zero-order valence-electron chi connectivity index (χ0n) is 58.0. The molecule has 0 aliphatic carbocycles. The largest absolute Gasteiger partial charge is 0.394 e. The maximum Gasteiger partial charge on any atom is 0.251 e. The number of aliphatic hydroxyl groups is 8. The number of hydrogen-bond acceptors (Lipinski definition) is 25. The molecule has 1 fully saturated rings. The molecule has 99 heavy (non-hydrogen) atoms. The molecule has 0 bridgehead atoms. The van der Waals surface area contributed by atoms with E-state index in [-0.39, 0.29) is 51.1 Å². The summed E-state index contributed by atoms with van der Waals surface area (Å²) in [5.41, 5.74) is 4.99. The van der Waals surface area contributed by atoms with Crippen LogP contribution in [0.2, 0.25) is 0 Å². The van der Waals surface area contributed by atoms with Gasteiger partial charge in [0.1, 0.15) is 48.4 Å². The number of anilines is 1. The Morgan fingerprint density at radius 3 is 1.62 bits per heavy atom. The first kappa shape index (κ1) is 84.6. The van der Waals surface area contributed by atoms with Crippen LogP contribution in [0.5, 0.6) is 0 Å². The number of rotatable bonds is 59. The zero-order chi connectivity index (χ0) is 70.9. The summed E-state index contributed by atoms with van der Waals surface area (Å²) in [6.07, 6.45) is 4.22. The van der Waals surface area contributed by atoms with Crippen molar-refractivity contribution in [2.24, 2.45) is 0 Å². The summed E-state index contributed by atoms with van der Waals surface area (Å²) >= 11 is 0. The van der Waals surface area contributed by atoms with Gasteiger partial charge in [-0.3, -0.25) is 14.4 Å². The highest BCUT2D eigenvalue weighted by Gasteiger charge is 2.47. The number of nitrogens with one attached hydrogen (secondary N) is 2. The summed E-state index contributed by atoms with van der Waals surface area (Å²) in [6, 6.07) is 15.8. The van der Waals surface area contributed by atoms with Crippen LogP contribution in [-0.4, -0.2) is 287 Å². The number of amides is 3. The van der Waals surface area contributed by atoms with Gasteiger partial charge in [0.15, 0.2) is 12.4 Å². The van der Waals surface area contributed by atoms with Gasteiger partial charge in [0, 0.05) is 37.1 Å². The highest BCUT2D eigenvalue weighted by Crippen LogP contribution is 2.41. The standard InChI is InChI=1S/C70H114N6O23/c1-2-3-4-5-6-7-8-9-10-11-12-13-14-15-16-25-59(80)71-27-26-60(81)75-50-53-21-17-18-22-54(53)62-61(55-23-19-20-24-56(55)75)73-74-76(62)29-31-89-33-35-91-37-39-93-41-43-95-45-47-97-49-48-96-46-44-94-42-40-92-38-36-90-34-32-88-30-28-72-69(87)66(85)65(84)68(57(79)51-77)99-70-67(86)64(83)63(82)58(52-78)98-70/h9-10,17-24,57-58,63-68,70,77-79,82-86H,2-8,11-16,25-52H2,1H3,(H,71,80)(H,72,87)/b10-9-/t57-,58-,63+,64+,65-,66-,67-,68?,70+/m1/s1. The topological polar surface area (TPSA) is 382 Å². The van der Waals surface area contributed by atoms with Crippen molar-refractivity contribution in [3.05, 3.63) is 66.2 Å². The van der Waals surface area contributed by atoms with Gasteiger partial charge in [-0.15, -0.1) is 5.10 Å². The Kier molecular flexibility index (Phi) is 45.1. The molecule has 1 unspecified atom stereocenters. The molecule has 562 valence electrons. The van der Waals surface area contributed by atoms with Crippen molar-refractivity contribution >= 4 is 23.4 Å². The third-order valence-corrected chi connectivity index (χ3v) is 16.4. The van der Waals surface area contributed by atoms with Crippen LogP contribution in [0.15, 0.2) is 60.7 Å². The molecule has 2 aromatic carbocycles. The smallest absolute Gasteiger partial charge is 0.251 e. The third kappa shape index (κ3) is 32.9. The van der Waals surface area contributed by atoms with Crippen molar-refractivity contribution in [3.63, 3.8) is 0 Å². The molecule has 3 amide bonds. The minimum atomic E-state index is -2.18. The van der Waals surface area contributed by atoms with E-state index < -0.39 is 74.2 Å². The van der Waals surface area contributed by atoms with Crippen molar-refractivity contribution in [1.29, 1.82) is 0 Å². The first-order valence-electron chi connectivity index (χ1n) is 35.4. The van der Waals surface area contributed by atoms with Crippen LogP contribution < -0.4 is 15.5 Å². The molecule has 29 heteroatoms. The van der Waals surface area contributed by atoms with Gasteiger partial charge in [0.2, 0.25) is 11.8 Å². The quantitative estimate of drug-likeness (QED) is 0.0287. The average Bonchev–Trinajstić information content (AvgIpc) is 1.70. The number of aliphatic hydroxyl groups excluding tert-OH is 8. The van der Waals surface area contributed by atoms with Crippen LogP contribution >= 0.6 is 0 Å². The molecule has 0 radical (unpaired) electrons. The lowest BCUT2D eigenvalue weighted by molar-refractivity contribution is -0.326. The lowest BCUT2D eigenvalue weighted by atomic mass is 9.95. The number of fused-ring (bicyclic) bond motifs is 5. The van der Waals surface area contributed by atoms with Crippen LogP contribution in [-0.2, 0) is 84.3 Å². The summed E-state index contributed by atoms with van der Waals surface area (Å²) < 4.78 is 68.2. The van der Waals surface area contributed by atoms with E-state index in [2.05, 4.69) is 40.0 Å². The molecular weight excluding hydrogens is 1290 g/mol. The van der Waals surface area contributed by atoms with E-state index in [9.17, 15) is 55.2 Å². The lowest BCUT2D eigenvalue weighted by Gasteiger charge is -2.42. The summed E-state index contributed by atoms with van der Waals surface area (Å²) in [5.74, 6) is -1.17. The molecule has 0 saturated carbocycles. The second-order valence-electron chi connectivity index (χ2n) is 24.0. The van der Waals surface area contributed by atoms with Gasteiger partial charge in [-0.2, -0.15) is 0 Å². The van der Waals surface area contributed by atoms with Gasteiger partial charge in [-0.1, -0.05) is 118 Å². The molecule has 0 spiro atoms. The SMILES string of the molecule is CCCCCCCC/C=C\CCCCCCCC(=O)NCCC(=O)N1Cc2ccccc2-c2c(nnn2CCOCCOCCOCCOCCOCCOCCOCCOCCOCCOCCNC(=O)[C@H](O)[C@@H](O)C(O[C@@H]2O[C@H](CO)[C@H](O)[C@H](O)[C@H]2O)[C@H](O)CO)-c2ccccc21. The number of carbonyl (C=O) groups is 3. The number of benzene rings is 2. The van der Waals surface area contributed by atoms with E-state index in [1.165, 1.54) is 57.8 Å². The summed E-state index contributed by atoms with van der Waals surface area (Å²) in [7, 11) is 0. The fraction of sp³-hybridized carbons (Fsp3) is 0.729. The number of unbranched alkanes of at least 4 members (excludes halogenated alkanes) is 11. The van der Waals surface area contributed by atoms with E-state index in [0.717, 1.165) is 53.8 Å². The Hall–Kier alpha value is -5.07. The molecule has 3 aromatic rings. The molecule has 9 atom stereocenters. The summed E-state index contributed by atoms with van der Waals surface area (Å²) in [6.45, 7) is 8.59. The number of carbonyl (C=O) groups excluding carboxylic acids is 3. The van der Waals surface area contributed by atoms with Crippen LogP contribution in [0.25, 0.3) is 22.5 Å². The van der Waals surface area contributed by atoms with E-state index in [4.69, 9.17) is 56.8 Å². The van der Waals surface area contributed by atoms with Crippen molar-refractivity contribution in [1.82, 2.24) is 25.6 Å². The van der Waals surface area contributed by atoms with Gasteiger partial charge in [0.05, 0.1) is 170 Å². The predicted octanol–water partition coefficient (Wildman–Crippen LogP) is 2.54. The normalized spacial score (nSPS) is 18.1. The van der Waals surface area contributed by atoms with Gasteiger partial charge >= 0.3 is 0 Å². The molecule has 5 rings (SSSR count). The molecule has 2 aliphatic heterocycles. The second kappa shape index (κ2) is 52.8. The van der Waals surface area contributed by atoms with Crippen molar-refractivity contribution < 1.29 is 112 Å². The van der Waals surface area contributed by atoms with E-state index in [0.29, 0.717) is 138 Å². The first-order valence-corrected chi connectivity index (χ1v) is 35.4. The highest BCUT2D eigenvalue weighted by atomic mass is 16.7. The van der Waals surface area contributed by atoms with Crippen molar-refractivity contribution in [2.45, 2.75) is 171 Å². The Bertz CT molecular complexity index is 2630. The van der Waals surface area contributed by atoms with E-state index >= 15 is 0 Å². The van der Waals surface area contributed by atoms with Crippen molar-refractivity contribution in [2.75, 3.05) is 163 Å². The average molecular weight is 1410 g/mol. The van der Waals surface area contributed by atoms with E-state index in [1.54, 1.807) is 4.90 Å². The Morgan fingerprint density at radius 1 is 0.576 bits per heavy atom. The molecule has 3 heterocycles. The minimum Gasteiger partial charge on any atom is -0.394 e. The lowest BCUT2D eigenvalue weighted by Crippen LogP contribution is -2.62. The zero-order valence-corrected chi connectivity index (χ0v) is 58.0. The Labute approximate surface area is 582 Å². The molecule has 1 aromatic heterocycles. The Morgan fingerprint density at radius 2 is 1.07 bits per heavy atom. The van der Waals surface area contributed by atoms with Crippen LogP contribution in [0, 0.1) is 0 Å². The maximum atomic E-state index is 14.0.